The smallest absolute Gasteiger partial charge is 0.271 e. The Kier molecular flexibility index (Phi) is 4.74. The van der Waals surface area contributed by atoms with E-state index in [1.54, 1.807) is 12.1 Å². The van der Waals surface area contributed by atoms with Gasteiger partial charge in [0.15, 0.2) is 0 Å². The summed E-state index contributed by atoms with van der Waals surface area (Å²) < 4.78 is 40.2. The van der Waals surface area contributed by atoms with Crippen molar-refractivity contribution in [2.45, 2.75) is 17.7 Å². The van der Waals surface area contributed by atoms with Crippen LogP contribution in [0.25, 0.3) is 0 Å². The van der Waals surface area contributed by atoms with Crippen LogP contribution in [0.3, 0.4) is 0 Å². The number of nitrogens with one attached hydrogen (secondary N) is 2. The largest absolute Gasteiger partial charge is 0.312 e. The van der Waals surface area contributed by atoms with E-state index in [2.05, 4.69) is 10.0 Å². The first kappa shape index (κ1) is 15.0. The maximum atomic E-state index is 13.5. The predicted molar refractivity (Wildman–Crippen MR) is 78.9 cm³/mol. The summed E-state index contributed by atoms with van der Waals surface area (Å²) in [4.78, 5) is 0.917. The number of para-hydroxylation sites is 1. The van der Waals surface area contributed by atoms with E-state index in [0.29, 0.717) is 6.54 Å². The first-order chi connectivity index (χ1) is 9.53. The molecule has 4 nitrogen and oxygen atoms in total. The van der Waals surface area contributed by atoms with Crippen molar-refractivity contribution in [1.82, 2.24) is 5.32 Å². The second-order valence-corrected chi connectivity index (χ2v) is 7.16. The molecule has 0 bridgehead atoms. The molecule has 0 atom stereocenters. The Morgan fingerprint density at radius 1 is 1.20 bits per heavy atom. The third-order valence-electron chi connectivity index (χ3n) is 2.57. The average molecular weight is 314 g/mol. The molecule has 0 spiro atoms. The lowest BCUT2D eigenvalue weighted by atomic mass is 10.3. The highest BCUT2D eigenvalue weighted by atomic mass is 32.2. The van der Waals surface area contributed by atoms with E-state index in [4.69, 9.17) is 0 Å². The summed E-state index contributed by atoms with van der Waals surface area (Å²) in [5.41, 5.74) is -0.0471. The molecule has 0 aliphatic carbocycles. The van der Waals surface area contributed by atoms with Crippen molar-refractivity contribution < 1.29 is 12.8 Å². The Hall–Kier alpha value is -1.44. The van der Waals surface area contributed by atoms with Gasteiger partial charge in [0.1, 0.15) is 10.0 Å². The summed E-state index contributed by atoms with van der Waals surface area (Å²) in [6.45, 7) is 3.41. The zero-order chi connectivity index (χ0) is 14.6. The molecule has 1 heterocycles. The molecule has 2 rings (SSSR count). The highest BCUT2D eigenvalue weighted by Crippen LogP contribution is 2.25. The van der Waals surface area contributed by atoms with Gasteiger partial charge in [0.25, 0.3) is 10.0 Å². The molecule has 2 aromatic rings. The average Bonchev–Trinajstić information content (AvgIpc) is 2.88. The third kappa shape index (κ3) is 3.56. The summed E-state index contributed by atoms with van der Waals surface area (Å²) in [5.74, 6) is -0.597. The summed E-state index contributed by atoms with van der Waals surface area (Å²) in [7, 11) is -3.74. The third-order valence-corrected chi connectivity index (χ3v) is 5.51. The van der Waals surface area contributed by atoms with Gasteiger partial charge in [-0.25, -0.2) is 12.8 Å². The molecule has 0 saturated heterocycles. The Bertz CT molecular complexity index is 683. The van der Waals surface area contributed by atoms with Crippen molar-refractivity contribution in [3.63, 3.8) is 0 Å². The van der Waals surface area contributed by atoms with Crippen LogP contribution >= 0.6 is 11.3 Å². The van der Waals surface area contributed by atoms with Gasteiger partial charge in [-0.05, 0) is 30.8 Å². The van der Waals surface area contributed by atoms with Crippen molar-refractivity contribution in [2.24, 2.45) is 0 Å². The fraction of sp³-hybridized carbons (Fsp3) is 0.231. The summed E-state index contributed by atoms with van der Waals surface area (Å²) >= 11 is 1.17. The van der Waals surface area contributed by atoms with Gasteiger partial charge < -0.3 is 5.32 Å². The quantitative estimate of drug-likeness (QED) is 0.862. The van der Waals surface area contributed by atoms with Gasteiger partial charge in [-0.3, -0.25) is 4.72 Å². The van der Waals surface area contributed by atoms with Gasteiger partial charge in [0.2, 0.25) is 0 Å². The second kappa shape index (κ2) is 6.34. The maximum absolute atomic E-state index is 13.5. The summed E-state index contributed by atoms with van der Waals surface area (Å²) in [5, 5.41) is 3.12. The lowest BCUT2D eigenvalue weighted by molar-refractivity contribution is 0.600. The van der Waals surface area contributed by atoms with E-state index in [0.717, 1.165) is 11.4 Å². The molecule has 0 unspecified atom stereocenters. The molecule has 2 N–H and O–H groups in total. The normalized spacial score (nSPS) is 11.5. The molecular formula is C13H15FN2O2S2. The molecule has 1 aromatic heterocycles. The van der Waals surface area contributed by atoms with E-state index >= 15 is 0 Å². The minimum absolute atomic E-state index is 0.0471. The summed E-state index contributed by atoms with van der Waals surface area (Å²) in [6, 6.07) is 8.96. The Balaban J connectivity index is 2.18. The first-order valence-corrected chi connectivity index (χ1v) is 8.39. The van der Waals surface area contributed by atoms with Crippen LogP contribution in [0.4, 0.5) is 10.1 Å². The Labute approximate surface area is 121 Å². The minimum atomic E-state index is -3.74. The monoisotopic (exact) mass is 314 g/mol. The number of rotatable bonds is 6. The fourth-order valence-corrected chi connectivity index (χ4v) is 3.98. The van der Waals surface area contributed by atoms with Gasteiger partial charge in [0, 0.05) is 11.4 Å². The zero-order valence-corrected chi connectivity index (χ0v) is 12.5. The number of thiophene rings is 1. The van der Waals surface area contributed by atoms with Crippen LogP contribution in [0.5, 0.6) is 0 Å². The van der Waals surface area contributed by atoms with Gasteiger partial charge in [0.05, 0.1) is 5.69 Å². The van der Waals surface area contributed by atoms with Crippen LogP contribution in [-0.4, -0.2) is 15.0 Å². The topological polar surface area (TPSA) is 58.2 Å². The Morgan fingerprint density at radius 2 is 1.95 bits per heavy atom. The van der Waals surface area contributed by atoms with E-state index in [1.807, 2.05) is 6.92 Å². The molecule has 0 aliphatic heterocycles. The highest BCUT2D eigenvalue weighted by Gasteiger charge is 2.18. The number of sulfonamides is 1. The molecule has 0 amide bonds. The molecule has 20 heavy (non-hydrogen) atoms. The van der Waals surface area contributed by atoms with Gasteiger partial charge in [-0.2, -0.15) is 0 Å². The van der Waals surface area contributed by atoms with E-state index < -0.39 is 15.8 Å². The van der Waals surface area contributed by atoms with Crippen LogP contribution in [0.2, 0.25) is 0 Å². The van der Waals surface area contributed by atoms with Crippen LogP contribution in [0.15, 0.2) is 40.6 Å². The van der Waals surface area contributed by atoms with Crippen molar-refractivity contribution in [3.8, 4) is 0 Å². The van der Waals surface area contributed by atoms with Crippen molar-refractivity contribution >= 4 is 27.0 Å². The second-order valence-electron chi connectivity index (χ2n) is 4.09. The number of hydrogen-bond acceptors (Lipinski definition) is 4. The molecule has 0 fully saturated rings. The maximum Gasteiger partial charge on any atom is 0.271 e. The van der Waals surface area contributed by atoms with Gasteiger partial charge >= 0.3 is 0 Å². The first-order valence-electron chi connectivity index (χ1n) is 6.09. The molecule has 7 heteroatoms. The zero-order valence-electron chi connectivity index (χ0n) is 10.9. The lowest BCUT2D eigenvalue weighted by Crippen LogP contribution is -2.12. The predicted octanol–water partition coefficient (Wildman–Crippen LogP) is 2.80. The van der Waals surface area contributed by atoms with Crippen LogP contribution in [-0.2, 0) is 16.6 Å². The Morgan fingerprint density at radius 3 is 2.65 bits per heavy atom. The van der Waals surface area contributed by atoms with E-state index in [9.17, 15) is 12.8 Å². The highest BCUT2D eigenvalue weighted by molar-refractivity contribution is 7.94. The van der Waals surface area contributed by atoms with Crippen molar-refractivity contribution in [1.29, 1.82) is 0 Å². The standard InChI is InChI=1S/C13H15FN2O2S2/c1-2-15-9-10-7-8-13(19-10)20(17,18)16-12-6-4-3-5-11(12)14/h3-8,15-16H,2,9H2,1H3. The number of hydrogen-bond donors (Lipinski definition) is 2. The molecule has 1 aromatic carbocycles. The molecule has 108 valence electrons. The van der Waals surface area contributed by atoms with E-state index in [-0.39, 0.29) is 9.90 Å². The fourth-order valence-electron chi connectivity index (χ4n) is 1.58. The number of halogens is 1. The van der Waals surface area contributed by atoms with Gasteiger partial charge in [-0.1, -0.05) is 19.1 Å². The van der Waals surface area contributed by atoms with Crippen molar-refractivity contribution in [2.75, 3.05) is 11.3 Å². The van der Waals surface area contributed by atoms with Crippen LogP contribution < -0.4 is 10.0 Å². The van der Waals surface area contributed by atoms with Crippen LogP contribution in [0, 0.1) is 5.82 Å². The lowest BCUT2D eigenvalue weighted by Gasteiger charge is -2.06. The molecule has 0 radical (unpaired) electrons. The van der Waals surface area contributed by atoms with E-state index in [1.165, 1.54) is 35.6 Å². The minimum Gasteiger partial charge on any atom is -0.312 e. The van der Waals surface area contributed by atoms with Gasteiger partial charge in [-0.15, -0.1) is 11.3 Å². The summed E-state index contributed by atoms with van der Waals surface area (Å²) in [6.07, 6.45) is 0. The molecule has 0 aliphatic rings. The van der Waals surface area contributed by atoms with Crippen molar-refractivity contribution in [3.05, 3.63) is 47.1 Å². The number of benzene rings is 1. The SMILES string of the molecule is CCNCc1ccc(S(=O)(=O)Nc2ccccc2F)s1. The number of anilines is 1. The molecule has 0 saturated carbocycles. The molecular weight excluding hydrogens is 299 g/mol. The van der Waals surface area contributed by atoms with Crippen LogP contribution in [0.1, 0.15) is 11.8 Å².